The first-order valence-electron chi connectivity index (χ1n) is 2.42. The van der Waals surface area contributed by atoms with Gasteiger partial charge in [0.25, 0.3) is 0 Å². The molecule has 1 aliphatic rings. The van der Waals surface area contributed by atoms with Crippen molar-refractivity contribution in [1.82, 2.24) is 0 Å². The smallest absolute Gasteiger partial charge is 0.542 e. The van der Waals surface area contributed by atoms with Crippen molar-refractivity contribution in [3.8, 4) is 0 Å². The predicted molar refractivity (Wildman–Crippen MR) is 45.8 cm³/mol. The van der Waals surface area contributed by atoms with E-state index >= 15 is 0 Å². The van der Waals surface area contributed by atoms with E-state index in [1.165, 1.54) is 13.2 Å². The Bertz CT molecular complexity index is 96.1. The van der Waals surface area contributed by atoms with Crippen molar-refractivity contribution < 1.29 is 25.9 Å². The summed E-state index contributed by atoms with van der Waals surface area (Å²) < 4.78 is 0. The summed E-state index contributed by atoms with van der Waals surface area (Å²) in [6.45, 7) is 1.32. The molecule has 1 nitrogen and oxygen atoms in total. The van der Waals surface area contributed by atoms with Crippen LogP contribution in [0.2, 0.25) is 0 Å². The van der Waals surface area contributed by atoms with E-state index in [1.807, 2.05) is 12.2 Å². The van der Waals surface area contributed by atoms with E-state index in [9.17, 15) is 0 Å². The predicted octanol–water partition coefficient (Wildman–Crippen LogP) is 2.32. The molecule has 0 aromatic carbocycles. The molecule has 0 bridgehead atoms. The third kappa shape index (κ3) is 25.8. The van der Waals surface area contributed by atoms with Gasteiger partial charge in [-0.1, -0.05) is 0 Å². The SMILES string of the molecule is C[C-]=O.[C-]1=CC=CC1.[CH3-].[CH3-].[Pt+4]. The van der Waals surface area contributed by atoms with Gasteiger partial charge >= 0.3 is 21.1 Å². The minimum Gasteiger partial charge on any atom is -0.542 e. The van der Waals surface area contributed by atoms with Gasteiger partial charge in [0.2, 0.25) is 0 Å². The van der Waals surface area contributed by atoms with E-state index in [0.29, 0.717) is 0 Å². The Morgan fingerprint density at radius 2 is 1.91 bits per heavy atom. The molecule has 0 unspecified atom stereocenters. The summed E-state index contributed by atoms with van der Waals surface area (Å²) in [6.07, 6.45) is 11.5. The molecule has 0 aromatic heterocycles. The van der Waals surface area contributed by atoms with Gasteiger partial charge in [-0.2, -0.15) is 13.0 Å². The number of hydrogen-bond donors (Lipinski definition) is 0. The van der Waals surface area contributed by atoms with Gasteiger partial charge in [-0.05, 0) is 0 Å². The molecule has 0 amide bonds. The molecule has 0 saturated carbocycles. The fourth-order valence-corrected chi connectivity index (χ4v) is 0.340. The Morgan fingerprint density at radius 1 is 1.45 bits per heavy atom. The van der Waals surface area contributed by atoms with Crippen molar-refractivity contribution in [2.45, 2.75) is 13.3 Å². The van der Waals surface area contributed by atoms with Crippen LogP contribution in [0.3, 0.4) is 0 Å². The standard InChI is InChI=1S/C5H5.C2H3O.2CH3.Pt/c1-2-4-5-3-1;1-2-3;;;/h1-3H,4H2;1H3;2*1H3;/q4*-1;+4. The van der Waals surface area contributed by atoms with Gasteiger partial charge in [0, 0.05) is 0 Å². The number of allylic oxidation sites excluding steroid dienone is 4. The van der Waals surface area contributed by atoms with E-state index < -0.39 is 0 Å². The van der Waals surface area contributed by atoms with Gasteiger partial charge in [0.05, 0.1) is 0 Å². The monoisotopic (exact) mass is 333 g/mol. The molecule has 0 aromatic rings. The summed E-state index contributed by atoms with van der Waals surface area (Å²) in [5.74, 6) is 0. The molecule has 1 aliphatic carbocycles. The second-order valence-electron chi connectivity index (χ2n) is 1.21. The Hall–Kier alpha value is -0.162. The zero-order valence-corrected chi connectivity index (χ0v) is 9.44. The second-order valence-corrected chi connectivity index (χ2v) is 1.21. The number of hydrogen-bond acceptors (Lipinski definition) is 1. The summed E-state index contributed by atoms with van der Waals surface area (Å²) in [5.41, 5.74) is 0. The van der Waals surface area contributed by atoms with Crippen LogP contribution in [0, 0.1) is 20.9 Å². The molecule has 0 saturated heterocycles. The van der Waals surface area contributed by atoms with Crippen molar-refractivity contribution in [3.05, 3.63) is 39.2 Å². The normalized spacial score (nSPS) is 9.18. The fourth-order valence-electron chi connectivity index (χ4n) is 0.340. The average molecular weight is 333 g/mol. The van der Waals surface area contributed by atoms with Crippen LogP contribution in [0.4, 0.5) is 0 Å². The third-order valence-electron chi connectivity index (χ3n) is 0.586. The molecule has 0 fully saturated rings. The van der Waals surface area contributed by atoms with Crippen LogP contribution >= 0.6 is 0 Å². The topological polar surface area (TPSA) is 17.1 Å². The molecule has 66 valence electrons. The Balaban J connectivity index is -0.0000000379. The molecule has 0 aliphatic heterocycles. The first kappa shape index (κ1) is 22.4. The van der Waals surface area contributed by atoms with Crippen molar-refractivity contribution >= 4 is 6.29 Å². The summed E-state index contributed by atoms with van der Waals surface area (Å²) in [5, 5.41) is 0. The molecule has 0 N–H and O–H groups in total. The molecule has 11 heavy (non-hydrogen) atoms. The number of carbonyl (C=O) groups excluding carboxylic acids is 1. The molecule has 0 radical (unpaired) electrons. The van der Waals surface area contributed by atoms with E-state index in [0.717, 1.165) is 6.42 Å². The van der Waals surface area contributed by atoms with Crippen LogP contribution in [0.25, 0.3) is 0 Å². The Morgan fingerprint density at radius 3 is 2.00 bits per heavy atom. The molecular formula is C9H14OPt. The molecule has 0 atom stereocenters. The maximum Gasteiger partial charge on any atom is 4.00 e. The molecule has 1 rings (SSSR count). The molecule has 0 heterocycles. The fraction of sp³-hybridized carbons (Fsp3) is 0.222. The van der Waals surface area contributed by atoms with Crippen LogP contribution in [0.1, 0.15) is 13.3 Å². The van der Waals surface area contributed by atoms with Crippen LogP contribution < -0.4 is 0 Å². The second kappa shape index (κ2) is 22.5. The third-order valence-corrected chi connectivity index (χ3v) is 0.586. The first-order valence-corrected chi connectivity index (χ1v) is 2.42. The quantitative estimate of drug-likeness (QED) is 0.622. The van der Waals surface area contributed by atoms with E-state index in [4.69, 9.17) is 4.79 Å². The first-order chi connectivity index (χ1) is 3.91. The summed E-state index contributed by atoms with van der Waals surface area (Å²) >= 11 is 0. The molecule has 2 heteroatoms. The summed E-state index contributed by atoms with van der Waals surface area (Å²) in [4.78, 5) is 8.68. The minimum atomic E-state index is 0. The van der Waals surface area contributed by atoms with Crippen molar-refractivity contribution in [2.24, 2.45) is 0 Å². The van der Waals surface area contributed by atoms with E-state index in [1.54, 1.807) is 0 Å². The van der Waals surface area contributed by atoms with Gasteiger partial charge in [-0.3, -0.25) is 12.4 Å². The van der Waals surface area contributed by atoms with Crippen molar-refractivity contribution in [3.63, 3.8) is 0 Å². The van der Waals surface area contributed by atoms with E-state index in [2.05, 4.69) is 12.2 Å². The van der Waals surface area contributed by atoms with Gasteiger partial charge in [-0.15, -0.1) is 6.42 Å². The Labute approximate surface area is 84.8 Å². The average Bonchev–Trinajstić information content (AvgIpc) is 2.17. The minimum absolute atomic E-state index is 0. The van der Waals surface area contributed by atoms with Crippen LogP contribution in [0.5, 0.6) is 0 Å². The van der Waals surface area contributed by atoms with Crippen LogP contribution in [-0.2, 0) is 25.9 Å². The van der Waals surface area contributed by atoms with Gasteiger partial charge in [0.1, 0.15) is 0 Å². The zero-order valence-electron chi connectivity index (χ0n) is 7.16. The molecule has 0 spiro atoms. The number of rotatable bonds is 0. The zero-order chi connectivity index (χ0) is 6.24. The Kier molecular flexibility index (Phi) is 46.0. The summed E-state index contributed by atoms with van der Waals surface area (Å²) in [6, 6.07) is 0. The van der Waals surface area contributed by atoms with Gasteiger partial charge in [0.15, 0.2) is 0 Å². The maximum absolute atomic E-state index is 8.68. The van der Waals surface area contributed by atoms with Crippen LogP contribution in [-0.4, -0.2) is 6.29 Å². The van der Waals surface area contributed by atoms with Crippen molar-refractivity contribution in [2.75, 3.05) is 0 Å². The van der Waals surface area contributed by atoms with Gasteiger partial charge in [-0.25, -0.2) is 12.2 Å². The van der Waals surface area contributed by atoms with Crippen LogP contribution in [0.15, 0.2) is 18.2 Å². The van der Waals surface area contributed by atoms with E-state index in [-0.39, 0.29) is 35.9 Å². The largest absolute Gasteiger partial charge is 4.00 e. The molecular weight excluding hydrogens is 319 g/mol. The summed E-state index contributed by atoms with van der Waals surface area (Å²) in [7, 11) is 0. The van der Waals surface area contributed by atoms with Crippen molar-refractivity contribution in [1.29, 1.82) is 0 Å². The van der Waals surface area contributed by atoms with Gasteiger partial charge < -0.3 is 19.6 Å². The maximum atomic E-state index is 8.68.